The Labute approximate surface area is 181 Å². The molecule has 1 aliphatic rings. The second-order valence-corrected chi connectivity index (χ2v) is 8.05. The first-order valence-electron chi connectivity index (χ1n) is 10.1. The van der Waals surface area contributed by atoms with Crippen LogP contribution in [0, 0.1) is 12.8 Å². The summed E-state index contributed by atoms with van der Waals surface area (Å²) < 4.78 is 78.3. The lowest BCUT2D eigenvalue weighted by Gasteiger charge is -2.36. The highest BCUT2D eigenvalue weighted by atomic mass is 19.4. The average molecular weight is 462 g/mol. The Balaban J connectivity index is 1.54. The molecule has 1 aromatic carbocycles. The lowest BCUT2D eigenvalue weighted by Crippen LogP contribution is -2.50. The van der Waals surface area contributed by atoms with E-state index in [9.17, 15) is 31.1 Å². The van der Waals surface area contributed by atoms with Crippen molar-refractivity contribution in [3.63, 3.8) is 0 Å². The van der Waals surface area contributed by atoms with Gasteiger partial charge in [0, 0.05) is 38.4 Å². The van der Waals surface area contributed by atoms with Crippen LogP contribution in [0.3, 0.4) is 0 Å². The van der Waals surface area contributed by atoms with Gasteiger partial charge in [0.1, 0.15) is 0 Å². The van der Waals surface area contributed by atoms with Crippen LogP contribution in [0.1, 0.15) is 29.4 Å². The number of hydrogen-bond acceptors (Lipinski definition) is 3. The second kappa shape index (κ2) is 9.13. The molecule has 1 aromatic heterocycles. The van der Waals surface area contributed by atoms with Crippen molar-refractivity contribution in [1.82, 2.24) is 19.6 Å². The Morgan fingerprint density at radius 2 is 1.69 bits per heavy atom. The molecule has 32 heavy (non-hydrogen) atoms. The number of alkyl halides is 6. The van der Waals surface area contributed by atoms with Crippen molar-refractivity contribution in [3.8, 4) is 0 Å². The molecule has 2 heterocycles. The van der Waals surface area contributed by atoms with Gasteiger partial charge in [-0.3, -0.25) is 14.4 Å². The quantitative estimate of drug-likeness (QED) is 0.626. The third-order valence-electron chi connectivity index (χ3n) is 5.48. The van der Waals surface area contributed by atoms with Crippen LogP contribution >= 0.6 is 0 Å². The average Bonchev–Trinajstić information content (AvgIpc) is 3.08. The summed E-state index contributed by atoms with van der Waals surface area (Å²) >= 11 is 0. The maximum absolute atomic E-state index is 12.9. The van der Waals surface area contributed by atoms with Gasteiger partial charge >= 0.3 is 12.4 Å². The van der Waals surface area contributed by atoms with Crippen LogP contribution in [0.15, 0.2) is 30.3 Å². The Hall–Kier alpha value is -2.56. The van der Waals surface area contributed by atoms with E-state index >= 15 is 0 Å². The molecule has 11 heteroatoms. The summed E-state index contributed by atoms with van der Waals surface area (Å²) in [4.78, 5) is 16.4. The number of aryl methyl sites for hydroxylation is 1. The lowest BCUT2D eigenvalue weighted by molar-refractivity contribution is -0.141. The maximum Gasteiger partial charge on any atom is 0.435 e. The summed E-state index contributed by atoms with van der Waals surface area (Å²) in [6.45, 7) is 5.31. The van der Waals surface area contributed by atoms with Crippen molar-refractivity contribution in [2.45, 2.75) is 39.3 Å². The maximum atomic E-state index is 12.9. The highest BCUT2D eigenvalue weighted by Gasteiger charge is 2.35. The SMILES string of the molecule is Cc1cc(C(F)(F)F)nn1CC(C)C(=O)N1CCN(Cc2cccc(C(F)(F)F)c2)CC1. The molecule has 0 aliphatic carbocycles. The van der Waals surface area contributed by atoms with Gasteiger partial charge in [0.05, 0.1) is 18.0 Å². The highest BCUT2D eigenvalue weighted by molar-refractivity contribution is 5.78. The van der Waals surface area contributed by atoms with Gasteiger partial charge in [0.2, 0.25) is 5.91 Å². The minimum absolute atomic E-state index is 0.0329. The monoisotopic (exact) mass is 462 g/mol. The molecule has 0 bridgehead atoms. The van der Waals surface area contributed by atoms with Crippen molar-refractivity contribution >= 4 is 5.91 Å². The molecular weight excluding hydrogens is 438 g/mol. The third-order valence-corrected chi connectivity index (χ3v) is 5.48. The van der Waals surface area contributed by atoms with E-state index in [1.165, 1.54) is 17.7 Å². The molecule has 176 valence electrons. The molecule has 1 atom stereocenters. The molecular formula is C21H24F6N4O. The summed E-state index contributed by atoms with van der Waals surface area (Å²) in [6, 6.07) is 6.11. The van der Waals surface area contributed by atoms with E-state index in [0.29, 0.717) is 44.0 Å². The lowest BCUT2D eigenvalue weighted by atomic mass is 10.1. The predicted octanol–water partition coefficient (Wildman–Crippen LogP) is 4.21. The summed E-state index contributed by atoms with van der Waals surface area (Å²) in [6.07, 6.45) is -8.94. The smallest absolute Gasteiger partial charge is 0.340 e. The number of rotatable bonds is 5. The Morgan fingerprint density at radius 3 is 2.25 bits per heavy atom. The first kappa shape index (κ1) is 24.1. The number of carbonyl (C=O) groups is 1. The minimum Gasteiger partial charge on any atom is -0.340 e. The van der Waals surface area contributed by atoms with Crippen LogP contribution in [-0.4, -0.2) is 51.7 Å². The van der Waals surface area contributed by atoms with Crippen molar-refractivity contribution in [3.05, 3.63) is 52.8 Å². The van der Waals surface area contributed by atoms with Crippen molar-refractivity contribution in [1.29, 1.82) is 0 Å². The summed E-state index contributed by atoms with van der Waals surface area (Å²) in [5, 5.41) is 3.56. The molecule has 0 saturated carbocycles. The molecule has 0 radical (unpaired) electrons. The van der Waals surface area contributed by atoms with Crippen molar-refractivity contribution in [2.24, 2.45) is 5.92 Å². The number of hydrogen-bond donors (Lipinski definition) is 0. The predicted molar refractivity (Wildman–Crippen MR) is 104 cm³/mol. The molecule has 5 nitrogen and oxygen atoms in total. The van der Waals surface area contributed by atoms with E-state index in [-0.39, 0.29) is 12.5 Å². The van der Waals surface area contributed by atoms with Crippen LogP contribution in [0.5, 0.6) is 0 Å². The van der Waals surface area contributed by atoms with E-state index in [1.54, 1.807) is 17.9 Å². The molecule has 2 aromatic rings. The van der Waals surface area contributed by atoms with Crippen molar-refractivity contribution in [2.75, 3.05) is 26.2 Å². The van der Waals surface area contributed by atoms with E-state index in [1.807, 2.05) is 4.90 Å². The summed E-state index contributed by atoms with van der Waals surface area (Å²) in [7, 11) is 0. The zero-order chi connectivity index (χ0) is 23.7. The van der Waals surface area contributed by atoms with Gasteiger partial charge in [0.25, 0.3) is 0 Å². The first-order valence-corrected chi connectivity index (χ1v) is 10.1. The molecule has 1 aliphatic heterocycles. The Bertz CT molecular complexity index is 944. The van der Waals surface area contributed by atoms with E-state index in [0.717, 1.165) is 18.2 Å². The highest BCUT2D eigenvalue weighted by Crippen LogP contribution is 2.30. The summed E-state index contributed by atoms with van der Waals surface area (Å²) in [5.74, 6) is -0.753. The van der Waals surface area contributed by atoms with E-state index < -0.39 is 29.5 Å². The van der Waals surface area contributed by atoms with Gasteiger partial charge in [-0.15, -0.1) is 0 Å². The number of nitrogens with zero attached hydrogens (tertiary/aromatic N) is 4. The number of aromatic nitrogens is 2. The zero-order valence-corrected chi connectivity index (χ0v) is 17.7. The van der Waals surface area contributed by atoms with Crippen molar-refractivity contribution < 1.29 is 31.1 Å². The van der Waals surface area contributed by atoms with Crippen LogP contribution in [0.2, 0.25) is 0 Å². The fourth-order valence-corrected chi connectivity index (χ4v) is 3.71. The van der Waals surface area contributed by atoms with Gasteiger partial charge in [-0.05, 0) is 24.6 Å². The Kier molecular flexibility index (Phi) is 6.87. The normalized spacial score (nSPS) is 16.9. The molecule has 0 spiro atoms. The van der Waals surface area contributed by atoms with Gasteiger partial charge < -0.3 is 4.90 Å². The Morgan fingerprint density at radius 1 is 1.03 bits per heavy atom. The van der Waals surface area contributed by atoms with E-state index in [2.05, 4.69) is 5.10 Å². The number of benzene rings is 1. The molecule has 1 amide bonds. The van der Waals surface area contributed by atoms with Crippen LogP contribution in [-0.2, 0) is 30.2 Å². The van der Waals surface area contributed by atoms with Gasteiger partial charge in [-0.1, -0.05) is 25.1 Å². The topological polar surface area (TPSA) is 41.4 Å². The fourth-order valence-electron chi connectivity index (χ4n) is 3.71. The summed E-state index contributed by atoms with van der Waals surface area (Å²) in [5.41, 5.74) is -0.816. The molecule has 1 unspecified atom stereocenters. The number of halogens is 6. The van der Waals surface area contributed by atoms with Gasteiger partial charge in [0.15, 0.2) is 5.69 Å². The number of carbonyl (C=O) groups excluding carboxylic acids is 1. The zero-order valence-electron chi connectivity index (χ0n) is 17.7. The third kappa shape index (κ3) is 5.81. The van der Waals surface area contributed by atoms with E-state index in [4.69, 9.17) is 0 Å². The number of amides is 1. The molecule has 1 fully saturated rings. The molecule has 1 saturated heterocycles. The second-order valence-electron chi connectivity index (χ2n) is 8.05. The van der Waals surface area contributed by atoms with Crippen LogP contribution in [0.25, 0.3) is 0 Å². The minimum atomic E-state index is -4.54. The standard InChI is InChI=1S/C21H24F6N4O/c1-14(12-31-15(2)10-18(28-31)21(25,26)27)19(32)30-8-6-29(7-9-30)13-16-4-3-5-17(11-16)20(22,23)24/h3-5,10-11,14H,6-9,12-13H2,1-2H3. The largest absolute Gasteiger partial charge is 0.435 e. The molecule has 0 N–H and O–H groups in total. The van der Waals surface area contributed by atoms with Gasteiger partial charge in [-0.2, -0.15) is 31.4 Å². The molecule has 3 rings (SSSR count). The fraction of sp³-hybridized carbons (Fsp3) is 0.524. The van der Waals surface area contributed by atoms with Gasteiger partial charge in [-0.25, -0.2) is 0 Å². The van der Waals surface area contributed by atoms with Crippen LogP contribution < -0.4 is 0 Å². The first-order chi connectivity index (χ1) is 14.8. The van der Waals surface area contributed by atoms with Crippen LogP contribution in [0.4, 0.5) is 26.3 Å². The number of piperazine rings is 1.